The number of carbonyl (C=O) groups is 2. The molecule has 2 atom stereocenters. The van der Waals surface area contributed by atoms with E-state index in [1.807, 2.05) is 11.4 Å². The first-order valence-corrected chi connectivity index (χ1v) is 10.5. The van der Waals surface area contributed by atoms with Crippen LogP contribution in [0.5, 0.6) is 0 Å². The second-order valence-electron chi connectivity index (χ2n) is 7.09. The first-order valence-electron chi connectivity index (χ1n) is 8.67. The van der Waals surface area contributed by atoms with Crippen molar-refractivity contribution in [2.24, 2.45) is 0 Å². The smallest absolute Gasteiger partial charge is 0.249 e. The number of carbonyl (C=O) groups excluding carboxylic acids is 2. The molecule has 0 spiro atoms. The SMILES string of the molecule is Cc1ccc(-c2csc(NC(=O)[C@@H]3CS[C@]4(C)CCC(=O)N34)n2)cc1C. The molecule has 2 aliphatic rings. The molecule has 2 amide bonds. The summed E-state index contributed by atoms with van der Waals surface area (Å²) in [5.74, 6) is 0.578. The summed E-state index contributed by atoms with van der Waals surface area (Å²) in [5.41, 5.74) is 4.37. The number of hydrogen-bond acceptors (Lipinski definition) is 5. The van der Waals surface area contributed by atoms with Gasteiger partial charge in [0, 0.05) is 23.1 Å². The highest BCUT2D eigenvalue weighted by Crippen LogP contribution is 2.47. The van der Waals surface area contributed by atoms with Crippen molar-refractivity contribution in [3.63, 3.8) is 0 Å². The quantitative estimate of drug-likeness (QED) is 0.870. The Hall–Kier alpha value is -1.86. The topological polar surface area (TPSA) is 62.3 Å². The van der Waals surface area contributed by atoms with E-state index in [0.29, 0.717) is 17.3 Å². The minimum absolute atomic E-state index is 0.0765. The Morgan fingerprint density at radius 1 is 1.35 bits per heavy atom. The van der Waals surface area contributed by atoms with E-state index in [1.54, 1.807) is 16.7 Å². The van der Waals surface area contributed by atoms with E-state index in [4.69, 9.17) is 0 Å². The van der Waals surface area contributed by atoms with E-state index in [-0.39, 0.29) is 16.7 Å². The van der Waals surface area contributed by atoms with Crippen LogP contribution in [0.15, 0.2) is 23.6 Å². The van der Waals surface area contributed by atoms with Gasteiger partial charge in [-0.3, -0.25) is 9.59 Å². The van der Waals surface area contributed by atoms with Crippen molar-refractivity contribution >= 4 is 40.0 Å². The molecule has 2 saturated heterocycles. The van der Waals surface area contributed by atoms with Crippen LogP contribution in [0.3, 0.4) is 0 Å². The van der Waals surface area contributed by atoms with E-state index in [9.17, 15) is 9.59 Å². The molecule has 2 aromatic rings. The molecule has 4 rings (SSSR count). The van der Waals surface area contributed by atoms with Crippen molar-refractivity contribution in [3.8, 4) is 11.3 Å². The zero-order valence-electron chi connectivity index (χ0n) is 15.0. The molecule has 0 saturated carbocycles. The molecular weight excluding hydrogens is 366 g/mol. The maximum Gasteiger partial charge on any atom is 0.249 e. The van der Waals surface area contributed by atoms with Gasteiger partial charge in [-0.15, -0.1) is 23.1 Å². The molecule has 1 aromatic heterocycles. The van der Waals surface area contributed by atoms with Gasteiger partial charge in [-0.05, 0) is 44.4 Å². The summed E-state index contributed by atoms with van der Waals surface area (Å²) in [5, 5.41) is 5.44. The number of aryl methyl sites for hydroxylation is 2. The third-order valence-electron chi connectivity index (χ3n) is 5.28. The Morgan fingerprint density at radius 2 is 2.15 bits per heavy atom. The summed E-state index contributed by atoms with van der Waals surface area (Å²) in [4.78, 5) is 31.0. The van der Waals surface area contributed by atoms with Gasteiger partial charge in [0.15, 0.2) is 5.13 Å². The third kappa shape index (κ3) is 2.93. The van der Waals surface area contributed by atoms with Gasteiger partial charge < -0.3 is 10.2 Å². The minimum Gasteiger partial charge on any atom is -0.315 e. The number of aromatic nitrogens is 1. The van der Waals surface area contributed by atoms with Crippen LogP contribution in [0.2, 0.25) is 0 Å². The summed E-state index contributed by atoms with van der Waals surface area (Å²) in [6.45, 7) is 6.21. The summed E-state index contributed by atoms with van der Waals surface area (Å²) in [6, 6.07) is 5.83. The van der Waals surface area contributed by atoms with Gasteiger partial charge in [0.25, 0.3) is 0 Å². The average molecular weight is 388 g/mol. The third-order valence-corrected chi connectivity index (χ3v) is 7.55. The van der Waals surface area contributed by atoms with Gasteiger partial charge in [-0.2, -0.15) is 0 Å². The van der Waals surface area contributed by atoms with Gasteiger partial charge in [0.05, 0.1) is 10.6 Å². The van der Waals surface area contributed by atoms with Crippen LogP contribution < -0.4 is 5.32 Å². The lowest BCUT2D eigenvalue weighted by Crippen LogP contribution is -2.48. The number of anilines is 1. The molecule has 136 valence electrons. The number of hydrogen-bond donors (Lipinski definition) is 1. The molecule has 0 radical (unpaired) electrons. The molecule has 5 nitrogen and oxygen atoms in total. The standard InChI is InChI=1S/C19H21N3O2S2/c1-11-4-5-13(8-12(11)2)14-9-25-18(20-14)21-17(24)15-10-26-19(3)7-6-16(23)22(15)19/h4-5,8-9,15H,6-7,10H2,1-3H3,(H,20,21,24)/t15-,19+/m0/s1. The van der Waals surface area contributed by atoms with Crippen molar-refractivity contribution in [2.75, 3.05) is 11.1 Å². The van der Waals surface area contributed by atoms with Crippen LogP contribution in [-0.4, -0.2) is 38.4 Å². The zero-order valence-corrected chi connectivity index (χ0v) is 16.7. The number of rotatable bonds is 3. The maximum absolute atomic E-state index is 12.7. The molecule has 2 aliphatic heterocycles. The zero-order chi connectivity index (χ0) is 18.5. The molecule has 2 fully saturated rings. The molecule has 3 heterocycles. The Labute approximate surface area is 161 Å². The Bertz CT molecular complexity index is 895. The van der Waals surface area contributed by atoms with Crippen LogP contribution in [-0.2, 0) is 9.59 Å². The number of nitrogens with one attached hydrogen (secondary N) is 1. The average Bonchev–Trinajstić information content (AvgIpc) is 3.27. The van der Waals surface area contributed by atoms with Crippen molar-refractivity contribution in [1.29, 1.82) is 0 Å². The van der Waals surface area contributed by atoms with Crippen molar-refractivity contribution < 1.29 is 9.59 Å². The van der Waals surface area contributed by atoms with Crippen molar-refractivity contribution in [1.82, 2.24) is 9.88 Å². The number of amides is 2. The fourth-order valence-corrected chi connectivity index (χ4v) is 5.72. The molecule has 0 aliphatic carbocycles. The van der Waals surface area contributed by atoms with Crippen molar-refractivity contribution in [2.45, 2.75) is 44.5 Å². The molecule has 7 heteroatoms. The first kappa shape index (κ1) is 17.5. The van der Waals surface area contributed by atoms with E-state index >= 15 is 0 Å². The summed E-state index contributed by atoms with van der Waals surface area (Å²) < 4.78 is 0. The molecule has 0 bridgehead atoms. The maximum atomic E-state index is 12.7. The fraction of sp³-hybridized carbons (Fsp3) is 0.421. The molecule has 26 heavy (non-hydrogen) atoms. The van der Waals surface area contributed by atoms with E-state index in [1.165, 1.54) is 22.5 Å². The number of thiazole rings is 1. The predicted molar refractivity (Wildman–Crippen MR) is 106 cm³/mol. The number of nitrogens with zero attached hydrogens (tertiary/aromatic N) is 2. The highest BCUT2D eigenvalue weighted by molar-refractivity contribution is 8.01. The molecule has 1 N–H and O–H groups in total. The number of benzene rings is 1. The summed E-state index contributed by atoms with van der Waals surface area (Å²) in [6.07, 6.45) is 1.34. The second kappa shape index (κ2) is 6.39. The van der Waals surface area contributed by atoms with Gasteiger partial charge in [0.1, 0.15) is 6.04 Å². The van der Waals surface area contributed by atoms with E-state index in [2.05, 4.69) is 43.2 Å². The van der Waals surface area contributed by atoms with Gasteiger partial charge >= 0.3 is 0 Å². The lowest BCUT2D eigenvalue weighted by atomic mass is 10.1. The number of fused-ring (bicyclic) bond motifs is 1. The second-order valence-corrected chi connectivity index (χ2v) is 9.45. The molecule has 0 unspecified atom stereocenters. The highest BCUT2D eigenvalue weighted by Gasteiger charge is 2.52. The Morgan fingerprint density at radius 3 is 2.92 bits per heavy atom. The lowest BCUT2D eigenvalue weighted by Gasteiger charge is -2.29. The van der Waals surface area contributed by atoms with E-state index in [0.717, 1.165) is 17.7 Å². The lowest BCUT2D eigenvalue weighted by molar-refractivity contribution is -0.135. The van der Waals surface area contributed by atoms with E-state index < -0.39 is 6.04 Å². The van der Waals surface area contributed by atoms with Gasteiger partial charge in [-0.25, -0.2) is 4.98 Å². The fourth-order valence-electron chi connectivity index (χ4n) is 3.57. The largest absolute Gasteiger partial charge is 0.315 e. The Balaban J connectivity index is 1.50. The van der Waals surface area contributed by atoms with Crippen LogP contribution in [0, 0.1) is 13.8 Å². The minimum atomic E-state index is -0.408. The Kier molecular flexibility index (Phi) is 4.31. The summed E-state index contributed by atoms with van der Waals surface area (Å²) in [7, 11) is 0. The first-order chi connectivity index (χ1) is 12.4. The van der Waals surface area contributed by atoms with Crippen LogP contribution in [0.4, 0.5) is 5.13 Å². The van der Waals surface area contributed by atoms with Gasteiger partial charge in [-0.1, -0.05) is 12.1 Å². The van der Waals surface area contributed by atoms with Crippen LogP contribution >= 0.6 is 23.1 Å². The van der Waals surface area contributed by atoms with Crippen molar-refractivity contribution in [3.05, 3.63) is 34.7 Å². The van der Waals surface area contributed by atoms with Crippen LogP contribution in [0.25, 0.3) is 11.3 Å². The predicted octanol–water partition coefficient (Wildman–Crippen LogP) is 3.82. The van der Waals surface area contributed by atoms with Crippen LogP contribution in [0.1, 0.15) is 30.9 Å². The van der Waals surface area contributed by atoms with Gasteiger partial charge in [0.2, 0.25) is 11.8 Å². The number of thioether (sulfide) groups is 1. The molecule has 1 aromatic carbocycles. The molecular formula is C19H21N3O2S2. The highest BCUT2D eigenvalue weighted by atomic mass is 32.2. The summed E-state index contributed by atoms with van der Waals surface area (Å²) >= 11 is 3.11. The monoisotopic (exact) mass is 387 g/mol. The normalized spacial score (nSPS) is 24.8.